The molecule has 0 spiro atoms. The van der Waals surface area contributed by atoms with Crippen LogP contribution in [0, 0.1) is 11.3 Å². The van der Waals surface area contributed by atoms with Crippen molar-refractivity contribution in [1.82, 2.24) is 14.9 Å². The van der Waals surface area contributed by atoms with Gasteiger partial charge in [-0.1, -0.05) is 36.4 Å². The third-order valence-electron chi connectivity index (χ3n) is 4.81. The number of benzene rings is 2. The molecule has 0 saturated carbocycles. The Bertz CT molecular complexity index is 1170. The summed E-state index contributed by atoms with van der Waals surface area (Å²) in [5.41, 5.74) is 3.38. The lowest BCUT2D eigenvalue weighted by Crippen LogP contribution is -2.26. The molecule has 4 rings (SSSR count). The number of nitrogens with one attached hydrogen (secondary N) is 1. The van der Waals surface area contributed by atoms with Crippen LogP contribution < -0.4 is 5.32 Å². The molecule has 5 heteroatoms. The summed E-state index contributed by atoms with van der Waals surface area (Å²) in [5, 5.41) is 14.3. The lowest BCUT2D eigenvalue weighted by molar-refractivity contribution is 0.0940. The Morgan fingerprint density at radius 1 is 1.15 bits per heavy atom. The Morgan fingerprint density at radius 3 is 2.70 bits per heavy atom. The molecule has 132 valence electrons. The van der Waals surface area contributed by atoms with E-state index in [1.165, 1.54) is 0 Å². The number of nitrogens with zero attached hydrogens (tertiary/aromatic N) is 3. The average molecular weight is 354 g/mol. The molecule has 0 saturated heterocycles. The zero-order chi connectivity index (χ0) is 18.8. The molecule has 4 aromatic rings. The van der Waals surface area contributed by atoms with Crippen LogP contribution in [0.3, 0.4) is 0 Å². The maximum Gasteiger partial charge on any atom is 0.251 e. The van der Waals surface area contributed by atoms with Gasteiger partial charge in [-0.25, -0.2) is 0 Å². The van der Waals surface area contributed by atoms with Gasteiger partial charge in [0.25, 0.3) is 5.91 Å². The zero-order valence-corrected chi connectivity index (χ0v) is 14.9. The van der Waals surface area contributed by atoms with Gasteiger partial charge >= 0.3 is 0 Å². The van der Waals surface area contributed by atoms with Crippen LogP contribution in [0.25, 0.3) is 21.8 Å². The standard InChI is InChI=1S/C22H18N4O/c1-15(16-5-3-2-4-6-16)25-22(27)17-7-8-18-19-9-11-24-14-21(19)26(12-10-23)20(18)13-17/h2-9,11,13-15H,12H2,1H3,(H,25,27). The molecule has 0 aliphatic rings. The Balaban J connectivity index is 1.73. The Hall–Kier alpha value is -3.65. The summed E-state index contributed by atoms with van der Waals surface area (Å²) in [6, 6.07) is 19.5. The van der Waals surface area contributed by atoms with E-state index in [4.69, 9.17) is 0 Å². The highest BCUT2D eigenvalue weighted by Gasteiger charge is 2.15. The monoisotopic (exact) mass is 354 g/mol. The number of pyridine rings is 1. The normalized spacial score (nSPS) is 12.0. The number of nitriles is 1. The van der Waals surface area contributed by atoms with Gasteiger partial charge in [0.1, 0.15) is 6.54 Å². The number of hydrogen-bond donors (Lipinski definition) is 1. The molecule has 2 aromatic heterocycles. The molecule has 1 unspecified atom stereocenters. The van der Waals surface area contributed by atoms with Gasteiger partial charge in [0.15, 0.2) is 0 Å². The van der Waals surface area contributed by atoms with E-state index in [0.29, 0.717) is 5.56 Å². The van der Waals surface area contributed by atoms with Gasteiger partial charge in [0.05, 0.1) is 29.3 Å². The Labute approximate surface area is 156 Å². The second kappa shape index (κ2) is 6.93. The van der Waals surface area contributed by atoms with Crippen LogP contribution in [0.4, 0.5) is 0 Å². The summed E-state index contributed by atoms with van der Waals surface area (Å²) in [7, 11) is 0. The van der Waals surface area contributed by atoms with Gasteiger partial charge in [-0.05, 0) is 30.7 Å². The molecule has 1 atom stereocenters. The predicted molar refractivity (Wildman–Crippen MR) is 105 cm³/mol. The van der Waals surface area contributed by atoms with Crippen molar-refractivity contribution in [1.29, 1.82) is 5.26 Å². The lowest BCUT2D eigenvalue weighted by atomic mass is 10.1. The molecule has 1 N–H and O–H groups in total. The summed E-state index contributed by atoms with van der Waals surface area (Å²) < 4.78 is 1.90. The molecule has 5 nitrogen and oxygen atoms in total. The van der Waals surface area contributed by atoms with Crippen LogP contribution in [0.2, 0.25) is 0 Å². The topological polar surface area (TPSA) is 70.7 Å². The van der Waals surface area contributed by atoms with Crippen LogP contribution in [-0.2, 0) is 6.54 Å². The number of aromatic nitrogens is 2. The van der Waals surface area contributed by atoms with Crippen LogP contribution >= 0.6 is 0 Å². The number of hydrogen-bond acceptors (Lipinski definition) is 3. The highest BCUT2D eigenvalue weighted by Crippen LogP contribution is 2.29. The average Bonchev–Trinajstić information content (AvgIpc) is 3.02. The number of rotatable bonds is 4. The van der Waals surface area contributed by atoms with Crippen LogP contribution in [0.1, 0.15) is 28.9 Å². The maximum atomic E-state index is 12.8. The summed E-state index contributed by atoms with van der Waals surface area (Å²) in [6.45, 7) is 2.17. The smallest absolute Gasteiger partial charge is 0.251 e. The van der Waals surface area contributed by atoms with Crippen molar-refractivity contribution in [3.05, 3.63) is 78.1 Å². The predicted octanol–water partition coefficient (Wildman–Crippen LogP) is 4.20. The minimum atomic E-state index is -0.139. The van der Waals surface area contributed by atoms with Crippen molar-refractivity contribution >= 4 is 27.7 Å². The van der Waals surface area contributed by atoms with Gasteiger partial charge < -0.3 is 9.88 Å². The fourth-order valence-electron chi connectivity index (χ4n) is 3.43. The largest absolute Gasteiger partial charge is 0.346 e. The summed E-state index contributed by atoms with van der Waals surface area (Å²) in [5.74, 6) is -0.139. The number of carbonyl (C=O) groups excluding carboxylic acids is 1. The maximum absolute atomic E-state index is 12.8. The third kappa shape index (κ3) is 3.02. The minimum absolute atomic E-state index is 0.0939. The molecule has 0 bridgehead atoms. The molecule has 1 amide bonds. The summed E-state index contributed by atoms with van der Waals surface area (Å²) >= 11 is 0. The fraction of sp³-hybridized carbons (Fsp3) is 0.136. The molecule has 2 heterocycles. The summed E-state index contributed by atoms with van der Waals surface area (Å²) in [6.07, 6.45) is 3.49. The zero-order valence-electron chi connectivity index (χ0n) is 14.9. The van der Waals surface area contributed by atoms with E-state index in [-0.39, 0.29) is 18.5 Å². The minimum Gasteiger partial charge on any atom is -0.346 e. The van der Waals surface area contributed by atoms with Gasteiger partial charge in [-0.15, -0.1) is 0 Å². The van der Waals surface area contributed by atoms with Crippen LogP contribution in [0.5, 0.6) is 0 Å². The van der Waals surface area contributed by atoms with E-state index in [2.05, 4.69) is 16.4 Å². The molecule has 0 aliphatic carbocycles. The van der Waals surface area contributed by atoms with Crippen molar-refractivity contribution in [2.24, 2.45) is 0 Å². The Kier molecular flexibility index (Phi) is 4.31. The van der Waals surface area contributed by atoms with Crippen molar-refractivity contribution < 1.29 is 4.79 Å². The first kappa shape index (κ1) is 16.8. The molecular weight excluding hydrogens is 336 g/mol. The number of amides is 1. The molecule has 0 fully saturated rings. The quantitative estimate of drug-likeness (QED) is 0.597. The second-order valence-corrected chi connectivity index (χ2v) is 6.47. The van der Waals surface area contributed by atoms with E-state index >= 15 is 0 Å². The van der Waals surface area contributed by atoms with Crippen LogP contribution in [0.15, 0.2) is 67.0 Å². The second-order valence-electron chi connectivity index (χ2n) is 6.47. The van der Waals surface area contributed by atoms with E-state index in [0.717, 1.165) is 27.4 Å². The first-order chi connectivity index (χ1) is 13.2. The van der Waals surface area contributed by atoms with Crippen molar-refractivity contribution in [3.63, 3.8) is 0 Å². The lowest BCUT2D eigenvalue weighted by Gasteiger charge is -2.14. The highest BCUT2D eigenvalue weighted by molar-refractivity contribution is 6.10. The van der Waals surface area contributed by atoms with Crippen molar-refractivity contribution in [2.75, 3.05) is 0 Å². The Morgan fingerprint density at radius 2 is 1.93 bits per heavy atom. The highest BCUT2D eigenvalue weighted by atomic mass is 16.1. The van der Waals surface area contributed by atoms with E-state index in [9.17, 15) is 10.1 Å². The SMILES string of the molecule is CC(NC(=O)c1ccc2c3ccncc3n(CC#N)c2c1)c1ccccc1. The van der Waals surface area contributed by atoms with Gasteiger partial charge in [-0.3, -0.25) is 9.78 Å². The number of fused-ring (bicyclic) bond motifs is 3. The van der Waals surface area contributed by atoms with Crippen molar-refractivity contribution in [2.45, 2.75) is 19.5 Å². The van der Waals surface area contributed by atoms with Gasteiger partial charge in [0, 0.05) is 22.5 Å². The first-order valence-corrected chi connectivity index (χ1v) is 8.78. The van der Waals surface area contributed by atoms with Crippen molar-refractivity contribution in [3.8, 4) is 6.07 Å². The molecule has 0 radical (unpaired) electrons. The fourth-order valence-corrected chi connectivity index (χ4v) is 3.43. The molecule has 27 heavy (non-hydrogen) atoms. The first-order valence-electron chi connectivity index (χ1n) is 8.78. The number of carbonyl (C=O) groups is 1. The molecular formula is C22H18N4O. The third-order valence-corrected chi connectivity index (χ3v) is 4.81. The van der Waals surface area contributed by atoms with Gasteiger partial charge in [-0.2, -0.15) is 5.26 Å². The van der Waals surface area contributed by atoms with E-state index in [1.807, 2.05) is 66.1 Å². The van der Waals surface area contributed by atoms with E-state index < -0.39 is 0 Å². The van der Waals surface area contributed by atoms with E-state index in [1.54, 1.807) is 12.4 Å². The van der Waals surface area contributed by atoms with Gasteiger partial charge in [0.2, 0.25) is 0 Å². The summed E-state index contributed by atoms with van der Waals surface area (Å²) in [4.78, 5) is 16.9. The molecule has 2 aromatic carbocycles. The van der Waals surface area contributed by atoms with Crippen LogP contribution in [-0.4, -0.2) is 15.5 Å². The molecule has 0 aliphatic heterocycles.